The van der Waals surface area contributed by atoms with E-state index in [4.69, 9.17) is 11.6 Å². The lowest BCUT2D eigenvalue weighted by Gasteiger charge is -2.34. The van der Waals surface area contributed by atoms with Gasteiger partial charge in [0, 0.05) is 17.6 Å². The summed E-state index contributed by atoms with van der Waals surface area (Å²) >= 11 is 6.05. The third-order valence-corrected chi connectivity index (χ3v) is 9.72. The lowest BCUT2D eigenvalue weighted by atomic mass is 9.95. The number of nitrogens with one attached hydrogen (secondary N) is 1. The first-order chi connectivity index (χ1) is 20.9. The van der Waals surface area contributed by atoms with Gasteiger partial charge in [-0.25, -0.2) is 8.42 Å². The molecule has 12 heteroatoms. The fourth-order valence-electron chi connectivity index (χ4n) is 5.34. The summed E-state index contributed by atoms with van der Waals surface area (Å²) in [6.45, 7) is 0.867. The van der Waals surface area contributed by atoms with Crippen LogP contribution in [0.5, 0.6) is 0 Å². The molecule has 0 heterocycles. The molecule has 2 amide bonds. The molecule has 0 saturated heterocycles. The van der Waals surface area contributed by atoms with Gasteiger partial charge < -0.3 is 10.2 Å². The molecule has 0 spiro atoms. The fourth-order valence-corrected chi connectivity index (χ4v) is 6.89. The van der Waals surface area contributed by atoms with Gasteiger partial charge in [0.05, 0.1) is 16.1 Å². The normalized spacial score (nSPS) is 14.9. The van der Waals surface area contributed by atoms with Crippen LogP contribution < -0.4 is 9.62 Å². The fraction of sp³-hybridized carbons (Fsp3) is 0.375. The summed E-state index contributed by atoms with van der Waals surface area (Å²) in [6.07, 6.45) is 0.195. The van der Waals surface area contributed by atoms with Gasteiger partial charge in [-0.3, -0.25) is 13.9 Å². The number of amides is 2. The molecule has 1 fully saturated rings. The zero-order valence-corrected chi connectivity index (χ0v) is 25.8. The zero-order valence-electron chi connectivity index (χ0n) is 24.3. The highest BCUT2D eigenvalue weighted by molar-refractivity contribution is 7.92. The molecule has 4 rings (SSSR count). The molecular formula is C32H35ClF3N3O4S. The van der Waals surface area contributed by atoms with Crippen molar-refractivity contribution in [2.45, 2.75) is 75.1 Å². The van der Waals surface area contributed by atoms with Crippen molar-refractivity contribution in [3.8, 4) is 0 Å². The second-order valence-electron chi connectivity index (χ2n) is 10.8. The second-order valence-corrected chi connectivity index (χ2v) is 13.1. The van der Waals surface area contributed by atoms with E-state index in [0.717, 1.165) is 44.2 Å². The van der Waals surface area contributed by atoms with Crippen LogP contribution >= 0.6 is 11.6 Å². The molecule has 0 radical (unpaired) electrons. The molecule has 1 saturated carbocycles. The predicted octanol–water partition coefficient (Wildman–Crippen LogP) is 6.81. The first-order valence-electron chi connectivity index (χ1n) is 14.5. The van der Waals surface area contributed by atoms with Crippen LogP contribution in [0.3, 0.4) is 0 Å². The molecule has 1 aliphatic rings. The van der Waals surface area contributed by atoms with E-state index in [1.807, 2.05) is 0 Å². The average Bonchev–Trinajstić information content (AvgIpc) is 3.01. The van der Waals surface area contributed by atoms with Gasteiger partial charge in [-0.05, 0) is 67.3 Å². The smallest absolute Gasteiger partial charge is 0.352 e. The summed E-state index contributed by atoms with van der Waals surface area (Å²) in [6, 6.07) is 16.7. The summed E-state index contributed by atoms with van der Waals surface area (Å²) in [5, 5.41) is 3.53. The van der Waals surface area contributed by atoms with Gasteiger partial charge in [0.2, 0.25) is 11.8 Å². The van der Waals surface area contributed by atoms with Gasteiger partial charge in [-0.1, -0.05) is 74.2 Å². The van der Waals surface area contributed by atoms with Crippen LogP contribution in [0.2, 0.25) is 5.02 Å². The Morgan fingerprint density at radius 3 is 2.23 bits per heavy atom. The molecule has 3 aromatic rings. The number of hydrogen-bond donors (Lipinski definition) is 1. The van der Waals surface area contributed by atoms with Gasteiger partial charge in [-0.15, -0.1) is 0 Å². The van der Waals surface area contributed by atoms with Gasteiger partial charge >= 0.3 is 6.18 Å². The molecule has 7 nitrogen and oxygen atoms in total. The second kappa shape index (κ2) is 14.5. The number of rotatable bonds is 11. The summed E-state index contributed by atoms with van der Waals surface area (Å²) < 4.78 is 69.3. The van der Waals surface area contributed by atoms with E-state index in [1.165, 1.54) is 35.2 Å². The molecular weight excluding hydrogens is 615 g/mol. The van der Waals surface area contributed by atoms with Crippen LogP contribution in [-0.2, 0) is 32.3 Å². The van der Waals surface area contributed by atoms with E-state index < -0.39 is 40.3 Å². The van der Waals surface area contributed by atoms with E-state index in [1.54, 1.807) is 37.3 Å². The van der Waals surface area contributed by atoms with Gasteiger partial charge in [0.1, 0.15) is 12.6 Å². The number of carbonyl (C=O) groups is 2. The zero-order chi connectivity index (χ0) is 31.9. The maximum atomic E-state index is 14.1. The highest BCUT2D eigenvalue weighted by Crippen LogP contribution is 2.33. The van der Waals surface area contributed by atoms with Crippen LogP contribution in [0, 0.1) is 0 Å². The minimum atomic E-state index is -4.74. The molecule has 0 unspecified atom stereocenters. The van der Waals surface area contributed by atoms with Crippen molar-refractivity contribution in [2.75, 3.05) is 10.8 Å². The van der Waals surface area contributed by atoms with Crippen molar-refractivity contribution in [1.82, 2.24) is 10.2 Å². The minimum Gasteiger partial charge on any atom is -0.352 e. The Balaban J connectivity index is 1.74. The minimum absolute atomic E-state index is 0.0298. The Bertz CT molecular complexity index is 1530. The van der Waals surface area contributed by atoms with Gasteiger partial charge in [-0.2, -0.15) is 13.2 Å². The average molecular weight is 650 g/mol. The first kappa shape index (κ1) is 33.3. The van der Waals surface area contributed by atoms with Crippen LogP contribution in [-0.4, -0.2) is 43.8 Å². The van der Waals surface area contributed by atoms with Gasteiger partial charge in [0.25, 0.3) is 10.0 Å². The molecule has 1 atom stereocenters. The van der Waals surface area contributed by atoms with Crippen LogP contribution in [0.15, 0.2) is 83.8 Å². The number of carbonyl (C=O) groups excluding carboxylic acids is 2. The van der Waals surface area contributed by atoms with Crippen molar-refractivity contribution in [1.29, 1.82) is 0 Å². The van der Waals surface area contributed by atoms with Crippen molar-refractivity contribution >= 4 is 39.1 Å². The topological polar surface area (TPSA) is 86.8 Å². The van der Waals surface area contributed by atoms with E-state index in [0.29, 0.717) is 21.0 Å². The number of alkyl halides is 3. The van der Waals surface area contributed by atoms with Crippen LogP contribution in [0.25, 0.3) is 0 Å². The predicted molar refractivity (Wildman–Crippen MR) is 164 cm³/mol. The molecule has 236 valence electrons. The van der Waals surface area contributed by atoms with Crippen molar-refractivity contribution in [2.24, 2.45) is 0 Å². The molecule has 44 heavy (non-hydrogen) atoms. The van der Waals surface area contributed by atoms with E-state index in [9.17, 15) is 31.2 Å². The standard InChI is InChI=1S/C32H35ClF3N3O4S/c1-2-29(31(41)37-26-11-5-3-6-12-26)38(21-23-16-18-25(33)19-17-23)30(40)22-39(44(42,43)28-14-7-4-8-15-28)27-13-9-10-24(20-27)32(34,35)36/h4,7-10,13-20,26,29H,2-3,5-6,11-12,21-22H2,1H3,(H,37,41)/t29-/m1/s1. The SMILES string of the molecule is CC[C@H](C(=O)NC1CCCCC1)N(Cc1ccc(Cl)cc1)C(=O)CN(c1cccc(C(F)(F)F)c1)S(=O)(=O)c1ccccc1. The number of nitrogens with zero attached hydrogens (tertiary/aromatic N) is 2. The highest BCUT2D eigenvalue weighted by Gasteiger charge is 2.36. The lowest BCUT2D eigenvalue weighted by molar-refractivity contribution is -0.140. The molecule has 0 aliphatic heterocycles. The first-order valence-corrected chi connectivity index (χ1v) is 16.3. The Morgan fingerprint density at radius 2 is 1.61 bits per heavy atom. The Kier molecular flexibility index (Phi) is 11.0. The molecule has 1 aliphatic carbocycles. The molecule has 1 N–H and O–H groups in total. The van der Waals surface area contributed by atoms with Gasteiger partial charge in [0.15, 0.2) is 0 Å². The Labute approximate surface area is 261 Å². The van der Waals surface area contributed by atoms with E-state index in [2.05, 4.69) is 5.32 Å². The number of halogens is 4. The maximum Gasteiger partial charge on any atom is 0.416 e. The molecule has 0 aromatic heterocycles. The third-order valence-electron chi connectivity index (χ3n) is 7.68. The monoisotopic (exact) mass is 649 g/mol. The van der Waals surface area contributed by atoms with Crippen molar-refractivity contribution in [3.63, 3.8) is 0 Å². The number of benzene rings is 3. The summed E-state index contributed by atoms with van der Waals surface area (Å²) in [5.74, 6) is -1.11. The number of anilines is 1. The summed E-state index contributed by atoms with van der Waals surface area (Å²) in [5.41, 5.74) is -0.751. The molecule has 3 aromatic carbocycles. The Hall–Kier alpha value is -3.57. The lowest BCUT2D eigenvalue weighted by Crippen LogP contribution is -2.54. The van der Waals surface area contributed by atoms with Crippen molar-refractivity contribution < 1.29 is 31.2 Å². The molecule has 0 bridgehead atoms. The summed E-state index contributed by atoms with van der Waals surface area (Å²) in [4.78, 5) is 28.8. The third kappa shape index (κ3) is 8.32. The van der Waals surface area contributed by atoms with Crippen molar-refractivity contribution in [3.05, 3.63) is 95.0 Å². The largest absolute Gasteiger partial charge is 0.416 e. The number of sulfonamides is 1. The van der Waals surface area contributed by atoms with E-state index in [-0.39, 0.29) is 35.5 Å². The van der Waals surface area contributed by atoms with E-state index >= 15 is 0 Å². The quantitative estimate of drug-likeness (QED) is 0.247. The maximum absolute atomic E-state index is 14.1. The summed E-state index contributed by atoms with van der Waals surface area (Å²) in [7, 11) is -4.50. The number of hydrogen-bond acceptors (Lipinski definition) is 4. The Morgan fingerprint density at radius 1 is 0.955 bits per heavy atom. The van der Waals surface area contributed by atoms with Crippen LogP contribution in [0.1, 0.15) is 56.6 Å². The van der Waals surface area contributed by atoms with Crippen LogP contribution in [0.4, 0.5) is 18.9 Å². The highest BCUT2D eigenvalue weighted by atomic mass is 35.5.